The zero-order valence-electron chi connectivity index (χ0n) is 16.2. The third kappa shape index (κ3) is 5.60. The molecule has 7 nitrogen and oxygen atoms in total. The van der Waals surface area contributed by atoms with Crippen LogP contribution in [0.4, 0.5) is 0 Å². The van der Waals surface area contributed by atoms with Gasteiger partial charge in [0.2, 0.25) is 0 Å². The fourth-order valence-corrected chi connectivity index (χ4v) is 3.20. The van der Waals surface area contributed by atoms with Gasteiger partial charge in [-0.05, 0) is 48.7 Å². The molecule has 3 rings (SSSR count). The molecule has 0 unspecified atom stereocenters. The number of fused-ring (bicyclic) bond motifs is 1. The molecule has 0 radical (unpaired) electrons. The topological polar surface area (TPSA) is 76.3 Å². The highest BCUT2D eigenvalue weighted by atomic mass is 16.5. The van der Waals surface area contributed by atoms with Crippen molar-refractivity contribution in [3.63, 3.8) is 0 Å². The van der Waals surface area contributed by atoms with Crippen LogP contribution in [-0.2, 0) is 22.5 Å². The van der Waals surface area contributed by atoms with Crippen LogP contribution >= 0.6 is 0 Å². The summed E-state index contributed by atoms with van der Waals surface area (Å²) in [6.45, 7) is 5.32. The summed E-state index contributed by atoms with van der Waals surface area (Å²) in [6, 6.07) is 11.5. The Morgan fingerprint density at radius 2 is 2.14 bits per heavy atom. The van der Waals surface area contributed by atoms with E-state index in [9.17, 15) is 10.0 Å². The fraction of sp³-hybridized carbons (Fsp3) is 0.429. The first-order chi connectivity index (χ1) is 13.7. The lowest BCUT2D eigenvalue weighted by atomic mass is 9.99. The number of hydrogen-bond donors (Lipinski definition) is 1. The van der Waals surface area contributed by atoms with Crippen molar-refractivity contribution in [1.82, 2.24) is 9.63 Å². The lowest BCUT2D eigenvalue weighted by Crippen LogP contribution is -2.35. The molecule has 0 saturated carbocycles. The van der Waals surface area contributed by atoms with Crippen LogP contribution in [0.25, 0.3) is 0 Å². The predicted octanol–water partition coefficient (Wildman–Crippen LogP) is 2.02. The Hall–Kier alpha value is -2.80. The molecule has 0 amide bonds. The van der Waals surface area contributed by atoms with Crippen molar-refractivity contribution in [2.45, 2.75) is 26.3 Å². The zero-order chi connectivity index (χ0) is 19.8. The van der Waals surface area contributed by atoms with Gasteiger partial charge in [-0.3, -0.25) is 14.7 Å². The molecule has 1 aromatic carbocycles. The van der Waals surface area contributed by atoms with E-state index < -0.39 is 0 Å². The van der Waals surface area contributed by atoms with E-state index in [4.69, 9.17) is 9.47 Å². The van der Waals surface area contributed by atoms with Crippen molar-refractivity contribution in [3.05, 3.63) is 59.2 Å². The second kappa shape index (κ2) is 9.94. The first-order valence-corrected chi connectivity index (χ1v) is 9.65. The number of pyridine rings is 1. The van der Waals surface area contributed by atoms with Crippen LogP contribution in [-0.4, -0.2) is 53.7 Å². The van der Waals surface area contributed by atoms with Gasteiger partial charge in [0, 0.05) is 32.3 Å². The largest absolute Gasteiger partial charge is 0.494 e. The molecular weight excluding hydrogens is 358 g/mol. The van der Waals surface area contributed by atoms with E-state index in [-0.39, 0.29) is 5.97 Å². The van der Waals surface area contributed by atoms with E-state index in [1.54, 1.807) is 18.3 Å². The van der Waals surface area contributed by atoms with Crippen molar-refractivity contribution in [2.24, 2.45) is 4.99 Å². The minimum absolute atomic E-state index is 0.168. The highest BCUT2D eigenvalue weighted by molar-refractivity contribution is 5.71. The van der Waals surface area contributed by atoms with Gasteiger partial charge in [0.15, 0.2) is 5.49 Å². The van der Waals surface area contributed by atoms with E-state index in [2.05, 4.69) is 22.0 Å². The highest BCUT2D eigenvalue weighted by Gasteiger charge is 2.19. The number of hydrogen-bond acceptors (Lipinski definition) is 6. The van der Waals surface area contributed by atoms with Crippen LogP contribution in [0.2, 0.25) is 0 Å². The molecule has 0 fully saturated rings. The van der Waals surface area contributed by atoms with E-state index in [1.807, 2.05) is 19.1 Å². The third-order valence-corrected chi connectivity index (χ3v) is 4.59. The van der Waals surface area contributed by atoms with Gasteiger partial charge in [-0.15, -0.1) is 0 Å². The van der Waals surface area contributed by atoms with Gasteiger partial charge in [0.25, 0.3) is 0 Å². The Kier molecular flexibility index (Phi) is 7.08. The highest BCUT2D eigenvalue weighted by Crippen LogP contribution is 2.24. The van der Waals surface area contributed by atoms with Gasteiger partial charge in [-0.2, -0.15) is 4.73 Å². The quantitative estimate of drug-likeness (QED) is 0.427. The van der Waals surface area contributed by atoms with Crippen molar-refractivity contribution in [2.75, 3.05) is 32.8 Å². The van der Waals surface area contributed by atoms with Gasteiger partial charge < -0.3 is 14.7 Å². The lowest BCUT2D eigenvalue weighted by molar-refractivity contribution is -0.144. The van der Waals surface area contributed by atoms with Gasteiger partial charge in [0.05, 0.1) is 19.8 Å². The summed E-state index contributed by atoms with van der Waals surface area (Å²) in [5.41, 5.74) is 3.03. The van der Waals surface area contributed by atoms with Crippen LogP contribution in [0.3, 0.4) is 0 Å². The molecule has 28 heavy (non-hydrogen) atoms. The monoisotopic (exact) mass is 385 g/mol. The second-order valence-corrected chi connectivity index (χ2v) is 6.68. The number of esters is 1. The average molecular weight is 385 g/mol. The van der Waals surface area contributed by atoms with Crippen LogP contribution < -0.4 is 10.2 Å². The summed E-state index contributed by atoms with van der Waals surface area (Å²) in [5.74, 6) is 0.688. The molecule has 0 aliphatic carbocycles. The molecule has 0 spiro atoms. The minimum Gasteiger partial charge on any atom is -0.494 e. The Bertz CT molecular complexity index is 863. The molecule has 7 heteroatoms. The molecule has 150 valence electrons. The molecular formula is C21H27N3O4. The maximum Gasteiger partial charge on any atom is 0.320 e. The van der Waals surface area contributed by atoms with Crippen LogP contribution in [0.5, 0.6) is 5.75 Å². The van der Waals surface area contributed by atoms with Crippen LogP contribution in [0, 0.1) is 0 Å². The fourth-order valence-electron chi connectivity index (χ4n) is 3.20. The van der Waals surface area contributed by atoms with Crippen LogP contribution in [0.1, 0.15) is 24.5 Å². The third-order valence-electron chi connectivity index (χ3n) is 4.59. The molecule has 1 aliphatic heterocycles. The predicted molar refractivity (Wildman–Crippen MR) is 104 cm³/mol. The molecule has 1 aromatic heterocycles. The van der Waals surface area contributed by atoms with Crippen LogP contribution in [0.15, 0.2) is 47.6 Å². The van der Waals surface area contributed by atoms with E-state index in [0.717, 1.165) is 36.4 Å². The van der Waals surface area contributed by atoms with Crippen molar-refractivity contribution < 1.29 is 19.5 Å². The van der Waals surface area contributed by atoms with Gasteiger partial charge in [-0.25, -0.2) is 0 Å². The SMILES string of the molecule is CCOC(=O)CN1CCc2cc(OCCCN=c3ccccn3O)ccc2C1. The molecule has 2 aromatic rings. The summed E-state index contributed by atoms with van der Waals surface area (Å²) in [4.78, 5) is 18.1. The molecule has 1 N–H and O–H groups in total. The van der Waals surface area contributed by atoms with Crippen molar-refractivity contribution in [1.29, 1.82) is 0 Å². The summed E-state index contributed by atoms with van der Waals surface area (Å²) in [6.07, 6.45) is 3.21. The summed E-state index contributed by atoms with van der Waals surface area (Å²) in [7, 11) is 0. The Morgan fingerprint density at radius 3 is 2.96 bits per heavy atom. The lowest BCUT2D eigenvalue weighted by Gasteiger charge is -2.28. The second-order valence-electron chi connectivity index (χ2n) is 6.68. The number of benzene rings is 1. The summed E-state index contributed by atoms with van der Waals surface area (Å²) >= 11 is 0. The van der Waals surface area contributed by atoms with E-state index in [0.29, 0.717) is 31.8 Å². The van der Waals surface area contributed by atoms with E-state index in [1.165, 1.54) is 11.1 Å². The first kappa shape index (κ1) is 19.9. The maximum absolute atomic E-state index is 11.7. The molecule has 1 aliphatic rings. The Balaban J connectivity index is 1.46. The first-order valence-electron chi connectivity index (χ1n) is 9.65. The molecule has 0 saturated heterocycles. The number of rotatable bonds is 8. The van der Waals surface area contributed by atoms with Crippen molar-refractivity contribution >= 4 is 5.97 Å². The smallest absolute Gasteiger partial charge is 0.320 e. The van der Waals surface area contributed by atoms with Gasteiger partial charge in [-0.1, -0.05) is 12.1 Å². The molecule has 2 heterocycles. The zero-order valence-corrected chi connectivity index (χ0v) is 16.2. The normalized spacial score (nSPS) is 14.5. The van der Waals surface area contributed by atoms with Gasteiger partial charge in [0.1, 0.15) is 5.75 Å². The van der Waals surface area contributed by atoms with Gasteiger partial charge >= 0.3 is 5.97 Å². The number of aromatic nitrogens is 1. The standard InChI is InChI=1S/C21H27N3O4/c1-2-27-21(25)16-23-12-9-17-14-19(8-7-18(17)15-23)28-13-5-10-22-20-6-3-4-11-24(20)26/h3-4,6-8,11,14,26H,2,5,9-10,12-13,15-16H2,1H3. The minimum atomic E-state index is -0.168. The van der Waals surface area contributed by atoms with E-state index >= 15 is 0 Å². The number of carbonyl (C=O) groups is 1. The average Bonchev–Trinajstić information content (AvgIpc) is 2.69. The van der Waals surface area contributed by atoms with Crippen molar-refractivity contribution in [3.8, 4) is 5.75 Å². The number of carbonyl (C=O) groups excluding carboxylic acids is 1. The number of ether oxygens (including phenoxy) is 2. The molecule has 0 bridgehead atoms. The summed E-state index contributed by atoms with van der Waals surface area (Å²) in [5, 5.41) is 9.61. The Morgan fingerprint density at radius 1 is 1.25 bits per heavy atom. The maximum atomic E-state index is 11.7. The summed E-state index contributed by atoms with van der Waals surface area (Å²) < 4.78 is 11.9. The molecule has 0 atom stereocenters. The Labute approximate surface area is 164 Å². The number of nitrogens with zero attached hydrogens (tertiary/aromatic N) is 3.